The monoisotopic (exact) mass is 188 g/mol. The molecule has 1 aromatic heterocycles. The van der Waals surface area contributed by atoms with Crippen LogP contribution in [0.4, 0.5) is 5.82 Å². The van der Waals surface area contributed by atoms with Gasteiger partial charge in [0, 0.05) is 23.0 Å². The number of hydrogen-bond donors (Lipinski definition) is 2. The highest BCUT2D eigenvalue weighted by Crippen LogP contribution is 2.32. The molecule has 1 aliphatic rings. The van der Waals surface area contributed by atoms with E-state index in [4.69, 9.17) is 4.74 Å². The molecule has 0 bridgehead atoms. The van der Waals surface area contributed by atoms with Crippen molar-refractivity contribution in [2.45, 2.75) is 6.42 Å². The van der Waals surface area contributed by atoms with Crippen molar-refractivity contribution in [2.24, 2.45) is 0 Å². The lowest BCUT2D eigenvalue weighted by Gasteiger charge is -1.99. The third-order valence-electron chi connectivity index (χ3n) is 2.79. The number of rotatable bonds is 1. The number of anilines is 1. The van der Waals surface area contributed by atoms with Gasteiger partial charge in [-0.1, -0.05) is 0 Å². The summed E-state index contributed by atoms with van der Waals surface area (Å²) in [4.78, 5) is 3.36. The molecule has 2 aromatic rings. The lowest BCUT2D eigenvalue weighted by Crippen LogP contribution is -1.93. The highest BCUT2D eigenvalue weighted by atomic mass is 16.5. The van der Waals surface area contributed by atoms with Crippen molar-refractivity contribution in [3.8, 4) is 5.75 Å². The van der Waals surface area contributed by atoms with E-state index in [0.29, 0.717) is 0 Å². The first-order valence-electron chi connectivity index (χ1n) is 4.81. The first kappa shape index (κ1) is 7.74. The number of aromatic nitrogens is 1. The van der Waals surface area contributed by atoms with Crippen LogP contribution in [0.5, 0.6) is 5.75 Å². The molecule has 3 heteroatoms. The third-order valence-corrected chi connectivity index (χ3v) is 2.79. The van der Waals surface area contributed by atoms with Crippen LogP contribution >= 0.6 is 0 Å². The molecule has 0 amide bonds. The number of ether oxygens (including phenoxy) is 1. The van der Waals surface area contributed by atoms with Crippen LogP contribution in [0.25, 0.3) is 10.9 Å². The SMILES string of the molecule is COc1ccc2[nH]c3c(c2c1)CCN3. The molecule has 3 rings (SSSR count). The topological polar surface area (TPSA) is 37.0 Å². The Morgan fingerprint density at radius 2 is 2.29 bits per heavy atom. The lowest BCUT2D eigenvalue weighted by atomic mass is 10.1. The molecule has 1 aromatic carbocycles. The van der Waals surface area contributed by atoms with Gasteiger partial charge in [0.1, 0.15) is 11.6 Å². The summed E-state index contributed by atoms with van der Waals surface area (Å²) in [5.74, 6) is 2.10. The fraction of sp³-hybridized carbons (Fsp3) is 0.273. The summed E-state index contributed by atoms with van der Waals surface area (Å²) in [7, 11) is 1.70. The molecule has 0 saturated carbocycles. The summed E-state index contributed by atoms with van der Waals surface area (Å²) < 4.78 is 5.22. The molecule has 0 spiro atoms. The summed E-state index contributed by atoms with van der Waals surface area (Å²) in [6, 6.07) is 6.14. The Morgan fingerprint density at radius 3 is 3.14 bits per heavy atom. The molecule has 1 aliphatic heterocycles. The van der Waals surface area contributed by atoms with Crippen LogP contribution in [0.1, 0.15) is 5.56 Å². The quantitative estimate of drug-likeness (QED) is 0.719. The Labute approximate surface area is 82.1 Å². The van der Waals surface area contributed by atoms with Gasteiger partial charge in [0.05, 0.1) is 7.11 Å². The van der Waals surface area contributed by atoms with Crippen LogP contribution in [-0.2, 0) is 6.42 Å². The highest BCUT2D eigenvalue weighted by molar-refractivity contribution is 5.90. The van der Waals surface area contributed by atoms with Gasteiger partial charge >= 0.3 is 0 Å². The molecule has 0 atom stereocenters. The largest absolute Gasteiger partial charge is 0.497 e. The van der Waals surface area contributed by atoms with E-state index >= 15 is 0 Å². The van der Waals surface area contributed by atoms with E-state index in [9.17, 15) is 0 Å². The zero-order valence-electron chi connectivity index (χ0n) is 8.05. The summed E-state index contributed by atoms with van der Waals surface area (Å²) >= 11 is 0. The minimum absolute atomic E-state index is 0.922. The van der Waals surface area contributed by atoms with Crippen LogP contribution in [0.2, 0.25) is 0 Å². The summed E-state index contributed by atoms with van der Waals surface area (Å²) in [6.45, 7) is 1.04. The fourth-order valence-corrected chi connectivity index (χ4v) is 2.08. The number of hydrogen-bond acceptors (Lipinski definition) is 2. The van der Waals surface area contributed by atoms with Crippen LogP contribution in [0.3, 0.4) is 0 Å². The fourth-order valence-electron chi connectivity index (χ4n) is 2.08. The van der Waals surface area contributed by atoms with E-state index in [1.54, 1.807) is 7.11 Å². The van der Waals surface area contributed by atoms with Crippen molar-refractivity contribution in [1.82, 2.24) is 4.98 Å². The second-order valence-corrected chi connectivity index (χ2v) is 3.57. The molecule has 0 aliphatic carbocycles. The van der Waals surface area contributed by atoms with Gasteiger partial charge in [-0.15, -0.1) is 0 Å². The first-order valence-corrected chi connectivity index (χ1v) is 4.81. The molecule has 0 unspecified atom stereocenters. The van der Waals surface area contributed by atoms with Crippen molar-refractivity contribution in [1.29, 1.82) is 0 Å². The van der Waals surface area contributed by atoms with Gasteiger partial charge < -0.3 is 15.0 Å². The van der Waals surface area contributed by atoms with Gasteiger partial charge in [-0.3, -0.25) is 0 Å². The minimum atomic E-state index is 0.922. The minimum Gasteiger partial charge on any atom is -0.497 e. The molecule has 0 fully saturated rings. The number of methoxy groups -OCH3 is 1. The third kappa shape index (κ3) is 0.923. The Balaban J connectivity index is 2.29. The molecule has 0 saturated heterocycles. The van der Waals surface area contributed by atoms with Crippen molar-refractivity contribution in [3.63, 3.8) is 0 Å². The maximum absolute atomic E-state index is 5.22. The molecular formula is C11H12N2O. The van der Waals surface area contributed by atoms with Crippen molar-refractivity contribution in [3.05, 3.63) is 23.8 Å². The van der Waals surface area contributed by atoms with Crippen molar-refractivity contribution < 1.29 is 4.74 Å². The molecular weight excluding hydrogens is 176 g/mol. The second-order valence-electron chi connectivity index (χ2n) is 3.57. The molecule has 2 N–H and O–H groups in total. The molecule has 3 nitrogen and oxygen atoms in total. The van der Waals surface area contributed by atoms with Gasteiger partial charge in [-0.25, -0.2) is 0 Å². The number of fused-ring (bicyclic) bond motifs is 3. The average molecular weight is 188 g/mol. The van der Waals surface area contributed by atoms with Gasteiger partial charge in [0.2, 0.25) is 0 Å². The number of aromatic amines is 1. The predicted molar refractivity (Wildman–Crippen MR) is 57.0 cm³/mol. The van der Waals surface area contributed by atoms with Crippen molar-refractivity contribution in [2.75, 3.05) is 19.0 Å². The summed E-state index contributed by atoms with van der Waals surface area (Å²) in [5.41, 5.74) is 2.57. The summed E-state index contributed by atoms with van der Waals surface area (Å²) in [5, 5.41) is 4.61. The second kappa shape index (κ2) is 2.67. The van der Waals surface area contributed by atoms with Crippen LogP contribution in [0, 0.1) is 0 Å². The Kier molecular flexibility index (Phi) is 1.48. The standard InChI is InChI=1S/C11H12N2O/c1-14-7-2-3-10-9(6-7)8-4-5-12-11(8)13-10/h2-3,6,12-13H,4-5H2,1H3. The number of nitrogens with one attached hydrogen (secondary N) is 2. The van der Waals surface area contributed by atoms with E-state index in [1.165, 1.54) is 22.3 Å². The van der Waals surface area contributed by atoms with Crippen LogP contribution in [-0.4, -0.2) is 18.6 Å². The summed E-state index contributed by atoms with van der Waals surface area (Å²) in [6.07, 6.45) is 1.10. The molecule has 2 heterocycles. The zero-order valence-corrected chi connectivity index (χ0v) is 8.05. The van der Waals surface area contributed by atoms with Gasteiger partial charge in [0.25, 0.3) is 0 Å². The molecule has 14 heavy (non-hydrogen) atoms. The van der Waals surface area contributed by atoms with Gasteiger partial charge in [0.15, 0.2) is 0 Å². The molecule has 0 radical (unpaired) electrons. The van der Waals surface area contributed by atoms with Crippen LogP contribution < -0.4 is 10.1 Å². The van der Waals surface area contributed by atoms with E-state index < -0.39 is 0 Å². The van der Waals surface area contributed by atoms with E-state index in [1.807, 2.05) is 6.07 Å². The first-order chi connectivity index (χ1) is 6.88. The smallest absolute Gasteiger partial charge is 0.119 e. The van der Waals surface area contributed by atoms with Crippen molar-refractivity contribution >= 4 is 16.7 Å². The van der Waals surface area contributed by atoms with Crippen LogP contribution in [0.15, 0.2) is 18.2 Å². The Bertz CT molecular complexity index is 487. The van der Waals surface area contributed by atoms with Gasteiger partial charge in [-0.05, 0) is 24.6 Å². The predicted octanol–water partition coefficient (Wildman–Crippen LogP) is 2.14. The van der Waals surface area contributed by atoms with E-state index in [2.05, 4.69) is 22.4 Å². The maximum atomic E-state index is 5.22. The number of benzene rings is 1. The Hall–Kier alpha value is -1.64. The Morgan fingerprint density at radius 1 is 1.36 bits per heavy atom. The average Bonchev–Trinajstić information content (AvgIpc) is 2.76. The van der Waals surface area contributed by atoms with Gasteiger partial charge in [-0.2, -0.15) is 0 Å². The normalized spacial score (nSPS) is 14.1. The highest BCUT2D eigenvalue weighted by Gasteiger charge is 2.16. The number of H-pyrrole nitrogens is 1. The maximum Gasteiger partial charge on any atom is 0.119 e. The zero-order chi connectivity index (χ0) is 9.54. The van der Waals surface area contributed by atoms with E-state index in [0.717, 1.165) is 18.7 Å². The molecule has 72 valence electrons. The van der Waals surface area contributed by atoms with E-state index in [-0.39, 0.29) is 0 Å². The lowest BCUT2D eigenvalue weighted by molar-refractivity contribution is 0.415.